The van der Waals surface area contributed by atoms with Gasteiger partial charge in [-0.2, -0.15) is 0 Å². The van der Waals surface area contributed by atoms with Crippen molar-refractivity contribution in [2.45, 2.75) is 44.2 Å². The summed E-state index contributed by atoms with van der Waals surface area (Å²) in [7, 11) is 0. The number of amides is 1. The van der Waals surface area contributed by atoms with Crippen LogP contribution in [-0.4, -0.2) is 34.0 Å². The summed E-state index contributed by atoms with van der Waals surface area (Å²) in [4.78, 5) is 25.6. The van der Waals surface area contributed by atoms with Gasteiger partial charge in [-0.1, -0.05) is 12.8 Å². The molecule has 1 amide bonds. The van der Waals surface area contributed by atoms with Crippen molar-refractivity contribution in [2.24, 2.45) is 5.92 Å². The zero-order chi connectivity index (χ0) is 14.3. The summed E-state index contributed by atoms with van der Waals surface area (Å²) in [6.45, 7) is 0. The zero-order valence-electron chi connectivity index (χ0n) is 10.9. The third-order valence-corrected chi connectivity index (χ3v) is 4.75. The lowest BCUT2D eigenvalue weighted by atomic mass is 9.84. The van der Waals surface area contributed by atoms with Gasteiger partial charge in [-0.05, 0) is 42.8 Å². The monoisotopic (exact) mass is 297 g/mol. The Morgan fingerprint density at radius 3 is 2.75 bits per heavy atom. The third kappa shape index (κ3) is 2.10. The molecule has 2 aliphatic rings. The van der Waals surface area contributed by atoms with Gasteiger partial charge < -0.3 is 14.4 Å². The predicted molar refractivity (Wildman–Crippen MR) is 71.7 cm³/mol. The van der Waals surface area contributed by atoms with Crippen molar-refractivity contribution in [2.75, 3.05) is 0 Å². The molecule has 108 valence electrons. The molecule has 1 N–H and O–H groups in total. The fourth-order valence-corrected chi connectivity index (χ4v) is 3.75. The summed E-state index contributed by atoms with van der Waals surface area (Å²) >= 11 is 5.85. The number of furan rings is 1. The largest absolute Gasteiger partial charge is 0.480 e. The highest BCUT2D eigenvalue weighted by Gasteiger charge is 2.48. The summed E-state index contributed by atoms with van der Waals surface area (Å²) in [5.74, 6) is -0.975. The van der Waals surface area contributed by atoms with Gasteiger partial charge >= 0.3 is 5.97 Å². The van der Waals surface area contributed by atoms with Gasteiger partial charge in [0.1, 0.15) is 6.04 Å². The molecule has 3 unspecified atom stereocenters. The number of carboxylic acids is 1. The Balaban J connectivity index is 1.93. The lowest BCUT2D eigenvalue weighted by Gasteiger charge is -2.32. The number of nitrogens with zero attached hydrogens (tertiary/aromatic N) is 1. The third-order valence-electron chi connectivity index (χ3n) is 4.46. The van der Waals surface area contributed by atoms with E-state index in [2.05, 4.69) is 0 Å². The van der Waals surface area contributed by atoms with E-state index in [1.54, 1.807) is 0 Å². The van der Waals surface area contributed by atoms with Crippen molar-refractivity contribution in [3.63, 3.8) is 0 Å². The molecule has 0 radical (unpaired) electrons. The van der Waals surface area contributed by atoms with Gasteiger partial charge in [-0.25, -0.2) is 4.79 Å². The van der Waals surface area contributed by atoms with Crippen molar-refractivity contribution in [1.29, 1.82) is 0 Å². The molecular formula is C14H16ClNO4. The number of carboxylic acid groups (broad SMARTS) is 1. The zero-order valence-corrected chi connectivity index (χ0v) is 11.7. The van der Waals surface area contributed by atoms with Crippen molar-refractivity contribution in [3.8, 4) is 0 Å². The SMILES string of the molecule is O=C(O)C1CC2CCCCC2N1C(=O)c1ccoc1Cl. The Morgan fingerprint density at radius 2 is 2.10 bits per heavy atom. The summed E-state index contributed by atoms with van der Waals surface area (Å²) in [5, 5.41) is 9.42. The summed E-state index contributed by atoms with van der Waals surface area (Å²) in [5.41, 5.74) is 0.254. The summed E-state index contributed by atoms with van der Waals surface area (Å²) < 4.78 is 4.95. The number of hydrogen-bond donors (Lipinski definition) is 1. The second-order valence-corrected chi connectivity index (χ2v) is 5.87. The van der Waals surface area contributed by atoms with Crippen LogP contribution in [0.4, 0.5) is 0 Å². The maximum atomic E-state index is 12.6. The molecule has 1 aliphatic heterocycles. The predicted octanol–water partition coefficient (Wildman–Crippen LogP) is 2.79. The maximum Gasteiger partial charge on any atom is 0.326 e. The quantitative estimate of drug-likeness (QED) is 0.911. The molecule has 1 aromatic heterocycles. The van der Waals surface area contributed by atoms with Crippen LogP contribution in [-0.2, 0) is 4.79 Å². The first kappa shape index (κ1) is 13.5. The van der Waals surface area contributed by atoms with Gasteiger partial charge in [0.05, 0.1) is 11.8 Å². The van der Waals surface area contributed by atoms with E-state index < -0.39 is 12.0 Å². The molecular weight excluding hydrogens is 282 g/mol. The highest BCUT2D eigenvalue weighted by molar-refractivity contribution is 6.32. The number of carbonyl (C=O) groups is 2. The second-order valence-electron chi connectivity index (χ2n) is 5.52. The van der Waals surface area contributed by atoms with Gasteiger partial charge in [-0.3, -0.25) is 4.79 Å². The fraction of sp³-hybridized carbons (Fsp3) is 0.571. The highest BCUT2D eigenvalue weighted by atomic mass is 35.5. The lowest BCUT2D eigenvalue weighted by molar-refractivity contribution is -0.141. The molecule has 1 saturated heterocycles. The molecule has 20 heavy (non-hydrogen) atoms. The van der Waals surface area contributed by atoms with E-state index in [0.29, 0.717) is 12.3 Å². The minimum atomic E-state index is -0.938. The molecule has 1 aliphatic carbocycles. The van der Waals surface area contributed by atoms with E-state index >= 15 is 0 Å². The van der Waals surface area contributed by atoms with Crippen LogP contribution in [0.1, 0.15) is 42.5 Å². The first-order valence-corrected chi connectivity index (χ1v) is 7.26. The molecule has 2 fully saturated rings. The number of carbonyl (C=O) groups excluding carboxylic acids is 1. The molecule has 5 nitrogen and oxygen atoms in total. The topological polar surface area (TPSA) is 70.8 Å². The molecule has 3 atom stereocenters. The number of likely N-dealkylation sites (tertiary alicyclic amines) is 1. The van der Waals surface area contributed by atoms with Gasteiger partial charge in [0, 0.05) is 6.04 Å². The van der Waals surface area contributed by atoms with Crippen LogP contribution < -0.4 is 0 Å². The van der Waals surface area contributed by atoms with Crippen LogP contribution in [0, 0.1) is 5.92 Å². The van der Waals surface area contributed by atoms with Crippen molar-refractivity contribution < 1.29 is 19.1 Å². The van der Waals surface area contributed by atoms with E-state index in [1.807, 2.05) is 0 Å². The molecule has 0 bridgehead atoms. The Kier molecular flexibility index (Phi) is 3.46. The van der Waals surface area contributed by atoms with Crippen molar-refractivity contribution in [3.05, 3.63) is 23.1 Å². The maximum absolute atomic E-state index is 12.6. The molecule has 1 aromatic rings. The van der Waals surface area contributed by atoms with Gasteiger partial charge in [0.25, 0.3) is 5.91 Å². The van der Waals surface area contributed by atoms with Crippen molar-refractivity contribution in [1.82, 2.24) is 4.90 Å². The Morgan fingerprint density at radius 1 is 1.35 bits per heavy atom. The normalized spacial score (nSPS) is 29.2. The first-order chi connectivity index (χ1) is 9.59. The van der Waals surface area contributed by atoms with Crippen LogP contribution in [0.25, 0.3) is 0 Å². The van der Waals surface area contributed by atoms with Gasteiger partial charge in [0.2, 0.25) is 5.22 Å². The lowest BCUT2D eigenvalue weighted by Crippen LogP contribution is -2.46. The first-order valence-electron chi connectivity index (χ1n) is 6.88. The van der Waals surface area contributed by atoms with E-state index in [-0.39, 0.29) is 22.7 Å². The van der Waals surface area contributed by atoms with E-state index in [1.165, 1.54) is 17.2 Å². The van der Waals surface area contributed by atoms with Crippen LogP contribution >= 0.6 is 11.6 Å². The fourth-order valence-electron chi connectivity index (χ4n) is 3.56. The second kappa shape index (κ2) is 5.13. The standard InChI is InChI=1S/C14H16ClNO4/c15-12-9(5-6-20-12)13(17)16-10-4-2-1-3-8(10)7-11(16)14(18)19/h5-6,8,10-11H,1-4,7H2,(H,18,19). The molecule has 0 spiro atoms. The molecule has 2 heterocycles. The van der Waals surface area contributed by atoms with E-state index in [4.69, 9.17) is 16.0 Å². The minimum absolute atomic E-state index is 0.0170. The summed E-state index contributed by atoms with van der Waals surface area (Å²) in [6.07, 6.45) is 5.91. The van der Waals surface area contributed by atoms with Crippen LogP contribution in [0.15, 0.2) is 16.7 Å². The number of halogens is 1. The summed E-state index contributed by atoms with van der Waals surface area (Å²) in [6, 6.07) is 0.768. The molecule has 0 aromatic carbocycles. The van der Waals surface area contributed by atoms with Crippen LogP contribution in [0.3, 0.4) is 0 Å². The van der Waals surface area contributed by atoms with E-state index in [0.717, 1.165) is 25.7 Å². The number of fused-ring (bicyclic) bond motifs is 1. The van der Waals surface area contributed by atoms with Crippen LogP contribution in [0.2, 0.25) is 5.22 Å². The average molecular weight is 298 g/mol. The molecule has 3 rings (SSSR count). The molecule has 6 heteroatoms. The van der Waals surface area contributed by atoms with E-state index in [9.17, 15) is 14.7 Å². The molecule has 1 saturated carbocycles. The number of rotatable bonds is 2. The number of aliphatic carboxylic acids is 1. The Bertz CT molecular complexity index is 541. The highest BCUT2D eigenvalue weighted by Crippen LogP contribution is 2.41. The minimum Gasteiger partial charge on any atom is -0.480 e. The van der Waals surface area contributed by atoms with Crippen LogP contribution in [0.5, 0.6) is 0 Å². The Labute approximate surface area is 121 Å². The van der Waals surface area contributed by atoms with Crippen molar-refractivity contribution >= 4 is 23.5 Å². The average Bonchev–Trinajstić information content (AvgIpc) is 3.01. The number of hydrogen-bond acceptors (Lipinski definition) is 3. The van der Waals surface area contributed by atoms with Gasteiger partial charge in [0.15, 0.2) is 0 Å². The smallest absolute Gasteiger partial charge is 0.326 e. The Hall–Kier alpha value is -1.49. The van der Waals surface area contributed by atoms with Gasteiger partial charge in [-0.15, -0.1) is 0 Å².